The van der Waals surface area contributed by atoms with Gasteiger partial charge in [-0.15, -0.1) is 11.3 Å². The van der Waals surface area contributed by atoms with Gasteiger partial charge in [-0.25, -0.2) is 4.98 Å². The van der Waals surface area contributed by atoms with Crippen LogP contribution in [0.2, 0.25) is 0 Å². The number of fused-ring (bicyclic) bond motifs is 1. The first kappa shape index (κ1) is 9.68. The third-order valence-electron chi connectivity index (χ3n) is 2.37. The minimum Gasteiger partial charge on any atom is -0.330 e. The predicted molar refractivity (Wildman–Crippen MR) is 59.8 cm³/mol. The number of aryl methyl sites for hydroxylation is 2. The first-order chi connectivity index (χ1) is 6.86. The summed E-state index contributed by atoms with van der Waals surface area (Å²) in [6, 6.07) is 0. The Labute approximate surface area is 87.6 Å². The van der Waals surface area contributed by atoms with E-state index in [0.717, 1.165) is 31.6 Å². The second-order valence-electron chi connectivity index (χ2n) is 3.32. The highest BCUT2D eigenvalue weighted by Crippen LogP contribution is 2.19. The van der Waals surface area contributed by atoms with Crippen LogP contribution in [0.1, 0.15) is 24.9 Å². The smallest absolute Gasteiger partial charge is 0.119 e. The lowest BCUT2D eigenvalue weighted by atomic mass is 10.3. The number of hydrogen-bond acceptors (Lipinski definition) is 3. The van der Waals surface area contributed by atoms with Crippen LogP contribution in [0, 0.1) is 0 Å². The lowest BCUT2D eigenvalue weighted by Gasteiger charge is -2.00. The number of thiazole rings is 1. The first-order valence-electron chi connectivity index (χ1n) is 4.99. The third-order valence-corrected chi connectivity index (χ3v) is 3.29. The molecule has 0 fully saturated rings. The Morgan fingerprint density at radius 3 is 3.14 bits per heavy atom. The summed E-state index contributed by atoms with van der Waals surface area (Å²) in [7, 11) is 0. The fourth-order valence-corrected chi connectivity index (χ4v) is 2.59. The highest BCUT2D eigenvalue weighted by molar-refractivity contribution is 7.15. The van der Waals surface area contributed by atoms with Crippen LogP contribution in [0.3, 0.4) is 0 Å². The van der Waals surface area contributed by atoms with Gasteiger partial charge in [0.2, 0.25) is 0 Å². The molecule has 2 N–H and O–H groups in total. The largest absolute Gasteiger partial charge is 0.330 e. The number of nitrogens with two attached hydrogens (primary N) is 1. The minimum absolute atomic E-state index is 0.737. The van der Waals surface area contributed by atoms with E-state index in [0.29, 0.717) is 0 Å². The van der Waals surface area contributed by atoms with Gasteiger partial charge in [0.1, 0.15) is 10.7 Å². The van der Waals surface area contributed by atoms with Gasteiger partial charge in [0.05, 0.1) is 6.20 Å². The monoisotopic (exact) mass is 209 g/mol. The minimum atomic E-state index is 0.737. The quantitative estimate of drug-likeness (QED) is 0.835. The van der Waals surface area contributed by atoms with Gasteiger partial charge < -0.3 is 5.73 Å². The maximum Gasteiger partial charge on any atom is 0.119 e. The molecule has 0 saturated heterocycles. The van der Waals surface area contributed by atoms with Gasteiger partial charge in [-0.3, -0.25) is 4.40 Å². The molecule has 0 saturated carbocycles. The van der Waals surface area contributed by atoms with Crippen LogP contribution in [-0.2, 0) is 12.8 Å². The summed E-state index contributed by atoms with van der Waals surface area (Å²) in [5.74, 6) is 1.16. The lowest BCUT2D eigenvalue weighted by Crippen LogP contribution is -2.04. The van der Waals surface area contributed by atoms with Crippen molar-refractivity contribution >= 4 is 16.2 Å². The first-order valence-corrected chi connectivity index (χ1v) is 5.87. The predicted octanol–water partition coefficient (Wildman–Crippen LogP) is 1.85. The van der Waals surface area contributed by atoms with E-state index < -0.39 is 0 Å². The van der Waals surface area contributed by atoms with Crippen molar-refractivity contribution in [2.45, 2.75) is 26.2 Å². The van der Waals surface area contributed by atoms with Gasteiger partial charge in [-0.1, -0.05) is 6.92 Å². The second kappa shape index (κ2) is 4.11. The summed E-state index contributed by atoms with van der Waals surface area (Å²) < 4.78 is 2.26. The van der Waals surface area contributed by atoms with Crippen LogP contribution >= 0.6 is 11.3 Å². The van der Waals surface area contributed by atoms with Crippen LogP contribution in [0.5, 0.6) is 0 Å². The Morgan fingerprint density at radius 1 is 1.57 bits per heavy atom. The summed E-state index contributed by atoms with van der Waals surface area (Å²) in [5, 5.41) is 2.21. The van der Waals surface area contributed by atoms with Crippen molar-refractivity contribution in [1.82, 2.24) is 9.38 Å². The molecule has 76 valence electrons. The summed E-state index contributed by atoms with van der Waals surface area (Å²) in [4.78, 5) is 5.66. The van der Waals surface area contributed by atoms with Crippen molar-refractivity contribution < 1.29 is 0 Å². The molecule has 0 aliphatic rings. The average Bonchev–Trinajstić information content (AvgIpc) is 2.75. The number of rotatable bonds is 4. The van der Waals surface area contributed by atoms with E-state index >= 15 is 0 Å². The summed E-state index contributed by atoms with van der Waals surface area (Å²) >= 11 is 1.76. The number of aromatic nitrogens is 2. The Balaban J connectivity index is 2.38. The molecular formula is C10H15N3S. The van der Waals surface area contributed by atoms with Crippen LogP contribution in [-0.4, -0.2) is 15.9 Å². The lowest BCUT2D eigenvalue weighted by molar-refractivity contribution is 0.768. The number of nitrogens with zero attached hydrogens (tertiary/aromatic N) is 2. The Hall–Kier alpha value is -0.870. The van der Waals surface area contributed by atoms with Gasteiger partial charge in [-0.05, 0) is 19.4 Å². The van der Waals surface area contributed by atoms with E-state index in [4.69, 9.17) is 5.73 Å². The molecule has 2 aromatic rings. The third kappa shape index (κ3) is 1.55. The highest BCUT2D eigenvalue weighted by Gasteiger charge is 2.07. The van der Waals surface area contributed by atoms with E-state index in [1.54, 1.807) is 11.3 Å². The molecule has 0 aromatic carbocycles. The van der Waals surface area contributed by atoms with Crippen molar-refractivity contribution in [2.75, 3.05) is 6.54 Å². The fraction of sp³-hybridized carbons (Fsp3) is 0.500. The SMILES string of the molecule is CCc1csc2cnc(CCCN)n12. The van der Waals surface area contributed by atoms with E-state index in [1.165, 1.54) is 10.5 Å². The van der Waals surface area contributed by atoms with Gasteiger partial charge >= 0.3 is 0 Å². The molecule has 3 nitrogen and oxygen atoms in total. The van der Waals surface area contributed by atoms with E-state index in [2.05, 4.69) is 21.7 Å². The van der Waals surface area contributed by atoms with Gasteiger partial charge in [0.15, 0.2) is 0 Å². The van der Waals surface area contributed by atoms with Crippen molar-refractivity contribution in [3.63, 3.8) is 0 Å². The normalized spacial score (nSPS) is 11.3. The fourth-order valence-electron chi connectivity index (χ4n) is 1.62. The van der Waals surface area contributed by atoms with Crippen molar-refractivity contribution in [3.8, 4) is 0 Å². The zero-order chi connectivity index (χ0) is 9.97. The van der Waals surface area contributed by atoms with E-state index in [-0.39, 0.29) is 0 Å². The molecule has 2 aromatic heterocycles. The standard InChI is InChI=1S/C10H15N3S/c1-2-8-7-14-10-6-12-9(13(8)10)4-3-5-11/h6-7H,2-5,11H2,1H3. The Bertz CT molecular complexity index is 416. The molecule has 0 unspecified atom stereocenters. The number of hydrogen-bond donors (Lipinski definition) is 1. The zero-order valence-corrected chi connectivity index (χ0v) is 9.18. The summed E-state index contributed by atoms with van der Waals surface area (Å²) in [5.41, 5.74) is 6.86. The van der Waals surface area contributed by atoms with Crippen LogP contribution in [0.4, 0.5) is 0 Å². The summed E-state index contributed by atoms with van der Waals surface area (Å²) in [6.07, 6.45) is 5.01. The van der Waals surface area contributed by atoms with Crippen LogP contribution < -0.4 is 5.73 Å². The molecule has 0 spiro atoms. The molecule has 4 heteroatoms. The highest BCUT2D eigenvalue weighted by atomic mass is 32.1. The Kier molecular flexibility index (Phi) is 2.84. The molecule has 14 heavy (non-hydrogen) atoms. The molecule has 0 bridgehead atoms. The molecule has 0 atom stereocenters. The maximum atomic E-state index is 5.50. The molecule has 0 radical (unpaired) electrons. The summed E-state index contributed by atoms with van der Waals surface area (Å²) in [6.45, 7) is 2.91. The molecule has 0 aliphatic heterocycles. The van der Waals surface area contributed by atoms with Crippen molar-refractivity contribution in [2.24, 2.45) is 5.73 Å². The molecule has 2 heterocycles. The van der Waals surface area contributed by atoms with Gasteiger partial charge in [0, 0.05) is 17.5 Å². The number of imidazole rings is 1. The van der Waals surface area contributed by atoms with Crippen LogP contribution in [0.15, 0.2) is 11.6 Å². The Morgan fingerprint density at radius 2 is 2.43 bits per heavy atom. The average molecular weight is 209 g/mol. The van der Waals surface area contributed by atoms with Crippen LogP contribution in [0.25, 0.3) is 4.83 Å². The van der Waals surface area contributed by atoms with Gasteiger partial charge in [-0.2, -0.15) is 0 Å². The molecular weight excluding hydrogens is 194 g/mol. The molecule has 2 rings (SSSR count). The van der Waals surface area contributed by atoms with E-state index in [1.807, 2.05) is 6.20 Å². The van der Waals surface area contributed by atoms with Gasteiger partial charge in [0.25, 0.3) is 0 Å². The van der Waals surface area contributed by atoms with E-state index in [9.17, 15) is 0 Å². The van der Waals surface area contributed by atoms with Crippen molar-refractivity contribution in [3.05, 3.63) is 23.1 Å². The van der Waals surface area contributed by atoms with Crippen molar-refractivity contribution in [1.29, 1.82) is 0 Å². The zero-order valence-electron chi connectivity index (χ0n) is 8.36. The second-order valence-corrected chi connectivity index (χ2v) is 4.21. The maximum absolute atomic E-state index is 5.50. The topological polar surface area (TPSA) is 43.3 Å². The molecule has 0 aliphatic carbocycles. The molecule has 0 amide bonds.